The Morgan fingerprint density at radius 1 is 1.27 bits per heavy atom. The monoisotopic (exact) mass is 312 g/mol. The van der Waals surface area contributed by atoms with Gasteiger partial charge in [-0.1, -0.05) is 27.7 Å². The Labute approximate surface area is 134 Å². The van der Waals surface area contributed by atoms with Gasteiger partial charge in [-0.3, -0.25) is 4.79 Å². The molecule has 4 nitrogen and oxygen atoms in total. The van der Waals surface area contributed by atoms with E-state index in [1.165, 1.54) is 7.11 Å². The zero-order valence-corrected chi connectivity index (χ0v) is 14.9. The van der Waals surface area contributed by atoms with Gasteiger partial charge in [0.05, 0.1) is 25.2 Å². The minimum absolute atomic E-state index is 0.130. The van der Waals surface area contributed by atoms with Crippen molar-refractivity contribution in [3.05, 3.63) is 0 Å². The SMILES string of the molecule is CC[C@H]1O[C@@]2(CC[C@H]1C)O[C@H]([C@@H](C)C(=O)OC)[C@@H](C)C[C@@H]2C. The second kappa shape index (κ2) is 6.88. The minimum Gasteiger partial charge on any atom is -0.469 e. The molecular weight excluding hydrogens is 280 g/mol. The molecule has 0 amide bonds. The summed E-state index contributed by atoms with van der Waals surface area (Å²) in [5, 5.41) is 0. The number of methoxy groups -OCH3 is 1. The highest BCUT2D eigenvalue weighted by molar-refractivity contribution is 5.72. The van der Waals surface area contributed by atoms with Crippen LogP contribution in [0.5, 0.6) is 0 Å². The maximum atomic E-state index is 11.9. The first-order valence-electron chi connectivity index (χ1n) is 8.78. The van der Waals surface area contributed by atoms with Gasteiger partial charge in [0.1, 0.15) is 0 Å². The Kier molecular flexibility index (Phi) is 5.54. The van der Waals surface area contributed by atoms with Gasteiger partial charge in [0.15, 0.2) is 5.79 Å². The van der Waals surface area contributed by atoms with E-state index in [1.807, 2.05) is 6.92 Å². The van der Waals surface area contributed by atoms with Gasteiger partial charge in [0, 0.05) is 12.3 Å². The normalized spacial score (nSPS) is 43.8. The van der Waals surface area contributed by atoms with Crippen LogP contribution >= 0.6 is 0 Å². The van der Waals surface area contributed by atoms with Crippen molar-refractivity contribution in [2.24, 2.45) is 23.7 Å². The van der Waals surface area contributed by atoms with E-state index >= 15 is 0 Å². The molecule has 0 radical (unpaired) electrons. The standard InChI is InChI=1S/C18H32O4/c1-7-15-11(2)8-9-18(21-15)13(4)10-12(3)16(22-18)14(5)17(19)20-6/h11-16H,7-10H2,1-6H3/t11-,12+,13+,14-,15-,16+,18+/m1/s1. The first-order valence-corrected chi connectivity index (χ1v) is 8.78. The third kappa shape index (κ3) is 3.18. The first-order chi connectivity index (χ1) is 10.3. The number of hydrogen-bond donors (Lipinski definition) is 0. The summed E-state index contributed by atoms with van der Waals surface area (Å²) in [6, 6.07) is 0. The Bertz CT molecular complexity index is 397. The van der Waals surface area contributed by atoms with Crippen molar-refractivity contribution in [3.8, 4) is 0 Å². The molecule has 0 bridgehead atoms. The maximum Gasteiger partial charge on any atom is 0.311 e. The third-order valence-electron chi connectivity index (χ3n) is 5.77. The quantitative estimate of drug-likeness (QED) is 0.744. The van der Waals surface area contributed by atoms with Crippen LogP contribution in [0.15, 0.2) is 0 Å². The average molecular weight is 312 g/mol. The number of esters is 1. The summed E-state index contributed by atoms with van der Waals surface area (Å²) in [4.78, 5) is 11.9. The van der Waals surface area contributed by atoms with Crippen LogP contribution in [0.3, 0.4) is 0 Å². The summed E-state index contributed by atoms with van der Waals surface area (Å²) in [6.45, 7) is 10.7. The van der Waals surface area contributed by atoms with Crippen molar-refractivity contribution in [1.29, 1.82) is 0 Å². The number of rotatable bonds is 3. The first kappa shape index (κ1) is 17.7. The number of ether oxygens (including phenoxy) is 3. The van der Waals surface area contributed by atoms with Crippen LogP contribution in [-0.4, -0.2) is 31.1 Å². The lowest BCUT2D eigenvalue weighted by Crippen LogP contribution is -2.58. The number of hydrogen-bond acceptors (Lipinski definition) is 4. The molecular formula is C18H32O4. The van der Waals surface area contributed by atoms with Gasteiger partial charge < -0.3 is 14.2 Å². The second-order valence-corrected chi connectivity index (χ2v) is 7.40. The smallest absolute Gasteiger partial charge is 0.311 e. The van der Waals surface area contributed by atoms with Gasteiger partial charge in [-0.2, -0.15) is 0 Å². The molecule has 7 atom stereocenters. The van der Waals surface area contributed by atoms with Crippen LogP contribution in [-0.2, 0) is 19.0 Å². The number of carbonyl (C=O) groups is 1. The summed E-state index contributed by atoms with van der Waals surface area (Å²) < 4.78 is 17.9. The van der Waals surface area contributed by atoms with E-state index in [0.29, 0.717) is 17.8 Å². The van der Waals surface area contributed by atoms with E-state index in [4.69, 9.17) is 14.2 Å². The molecule has 2 rings (SSSR count). The highest BCUT2D eigenvalue weighted by Crippen LogP contribution is 2.47. The van der Waals surface area contributed by atoms with Gasteiger partial charge in [-0.05, 0) is 38.0 Å². The van der Waals surface area contributed by atoms with Crippen molar-refractivity contribution in [2.45, 2.75) is 78.3 Å². The largest absolute Gasteiger partial charge is 0.469 e. The molecule has 4 heteroatoms. The topological polar surface area (TPSA) is 44.8 Å². The molecule has 0 N–H and O–H groups in total. The molecule has 1 spiro atoms. The van der Waals surface area contributed by atoms with E-state index in [-0.39, 0.29) is 24.1 Å². The summed E-state index contributed by atoms with van der Waals surface area (Å²) in [5.41, 5.74) is 0. The Morgan fingerprint density at radius 3 is 2.55 bits per heavy atom. The molecule has 22 heavy (non-hydrogen) atoms. The molecule has 0 aliphatic carbocycles. The van der Waals surface area contributed by atoms with Crippen LogP contribution in [0.2, 0.25) is 0 Å². The lowest BCUT2D eigenvalue weighted by molar-refractivity contribution is -0.356. The van der Waals surface area contributed by atoms with Crippen LogP contribution in [0.1, 0.15) is 60.3 Å². The molecule has 0 aromatic heterocycles. The lowest BCUT2D eigenvalue weighted by Gasteiger charge is -2.53. The Morgan fingerprint density at radius 2 is 1.95 bits per heavy atom. The lowest BCUT2D eigenvalue weighted by atomic mass is 9.76. The summed E-state index contributed by atoms with van der Waals surface area (Å²) in [6.07, 6.45) is 4.19. The highest BCUT2D eigenvalue weighted by Gasteiger charge is 2.52. The molecule has 0 saturated carbocycles. The summed E-state index contributed by atoms with van der Waals surface area (Å²) in [5.74, 6) is 0.280. The van der Waals surface area contributed by atoms with E-state index in [2.05, 4.69) is 27.7 Å². The number of carbonyl (C=O) groups excluding carboxylic acids is 1. The highest BCUT2D eigenvalue weighted by atomic mass is 16.7. The van der Waals surface area contributed by atoms with Crippen molar-refractivity contribution in [3.63, 3.8) is 0 Å². The van der Waals surface area contributed by atoms with Gasteiger partial charge in [0.2, 0.25) is 0 Å². The third-order valence-corrected chi connectivity index (χ3v) is 5.77. The van der Waals surface area contributed by atoms with Crippen molar-refractivity contribution >= 4 is 5.97 Å². The van der Waals surface area contributed by atoms with Crippen molar-refractivity contribution in [2.75, 3.05) is 7.11 Å². The van der Waals surface area contributed by atoms with Crippen LogP contribution in [0.25, 0.3) is 0 Å². The predicted octanol–water partition coefficient (Wildman–Crippen LogP) is 3.78. The van der Waals surface area contributed by atoms with E-state index < -0.39 is 5.79 Å². The van der Waals surface area contributed by atoms with Gasteiger partial charge in [-0.25, -0.2) is 0 Å². The van der Waals surface area contributed by atoms with Crippen LogP contribution in [0.4, 0.5) is 0 Å². The maximum absolute atomic E-state index is 11.9. The summed E-state index contributed by atoms with van der Waals surface area (Å²) >= 11 is 0. The second-order valence-electron chi connectivity index (χ2n) is 7.40. The van der Waals surface area contributed by atoms with E-state index in [0.717, 1.165) is 25.7 Å². The zero-order valence-electron chi connectivity index (χ0n) is 14.9. The molecule has 0 aromatic carbocycles. The fraction of sp³-hybridized carbons (Fsp3) is 0.944. The van der Waals surface area contributed by atoms with Crippen LogP contribution < -0.4 is 0 Å². The van der Waals surface area contributed by atoms with Gasteiger partial charge in [-0.15, -0.1) is 0 Å². The Hall–Kier alpha value is -0.610. The molecule has 2 saturated heterocycles. The molecule has 0 unspecified atom stereocenters. The fourth-order valence-corrected chi connectivity index (χ4v) is 4.23. The predicted molar refractivity (Wildman–Crippen MR) is 85.3 cm³/mol. The van der Waals surface area contributed by atoms with Crippen molar-refractivity contribution in [1.82, 2.24) is 0 Å². The molecule has 0 aromatic rings. The van der Waals surface area contributed by atoms with E-state index in [1.54, 1.807) is 0 Å². The molecule has 2 aliphatic heterocycles. The fourth-order valence-electron chi connectivity index (χ4n) is 4.23. The minimum atomic E-state index is -0.521. The molecule has 128 valence electrons. The average Bonchev–Trinajstić information content (AvgIpc) is 2.51. The van der Waals surface area contributed by atoms with Gasteiger partial charge >= 0.3 is 5.97 Å². The zero-order chi connectivity index (χ0) is 16.5. The molecule has 2 heterocycles. The van der Waals surface area contributed by atoms with Crippen LogP contribution in [0, 0.1) is 23.7 Å². The summed E-state index contributed by atoms with van der Waals surface area (Å²) in [7, 11) is 1.44. The Balaban J connectivity index is 2.19. The van der Waals surface area contributed by atoms with Crippen molar-refractivity contribution < 1.29 is 19.0 Å². The molecule has 2 fully saturated rings. The molecule has 2 aliphatic rings. The van der Waals surface area contributed by atoms with Gasteiger partial charge in [0.25, 0.3) is 0 Å². The van der Waals surface area contributed by atoms with E-state index in [9.17, 15) is 4.79 Å².